The number of carbonyl (C=O) groups excluding carboxylic acids is 1. The SMILES string of the molecule is O=C(Oc1ccc(Cl)c2ccccc12)C1CCN(S(=O)(=O)c2ccc3c(c2)OCCO3)CC1. The van der Waals surface area contributed by atoms with Gasteiger partial charge in [-0.3, -0.25) is 4.79 Å². The monoisotopic (exact) mass is 487 g/mol. The molecule has 33 heavy (non-hydrogen) atoms. The number of fused-ring (bicyclic) bond motifs is 2. The number of hydrogen-bond acceptors (Lipinski definition) is 6. The lowest BCUT2D eigenvalue weighted by Crippen LogP contribution is -2.41. The van der Waals surface area contributed by atoms with Crippen molar-refractivity contribution in [2.24, 2.45) is 5.92 Å². The Bertz CT molecular complexity index is 1320. The third-order valence-electron chi connectivity index (χ3n) is 5.98. The van der Waals surface area contributed by atoms with Gasteiger partial charge in [0.15, 0.2) is 11.5 Å². The van der Waals surface area contributed by atoms with Gasteiger partial charge in [0.2, 0.25) is 10.0 Å². The van der Waals surface area contributed by atoms with Crippen molar-refractivity contribution in [1.29, 1.82) is 0 Å². The topological polar surface area (TPSA) is 82.1 Å². The quantitative estimate of drug-likeness (QED) is 0.404. The highest BCUT2D eigenvalue weighted by Gasteiger charge is 2.34. The Morgan fingerprint density at radius 3 is 2.39 bits per heavy atom. The molecule has 172 valence electrons. The van der Waals surface area contributed by atoms with Crippen molar-refractivity contribution in [2.75, 3.05) is 26.3 Å². The van der Waals surface area contributed by atoms with Crippen LogP contribution in [0, 0.1) is 5.92 Å². The predicted octanol–water partition coefficient (Wildman–Crippen LogP) is 4.27. The molecule has 3 aromatic carbocycles. The zero-order valence-corrected chi connectivity index (χ0v) is 19.3. The van der Waals surface area contributed by atoms with Crippen molar-refractivity contribution in [2.45, 2.75) is 17.7 Å². The molecule has 7 nitrogen and oxygen atoms in total. The van der Waals surface area contributed by atoms with Crippen LogP contribution < -0.4 is 14.2 Å². The number of piperidine rings is 1. The van der Waals surface area contributed by atoms with Crippen LogP contribution in [0.15, 0.2) is 59.5 Å². The number of ether oxygens (including phenoxy) is 3. The smallest absolute Gasteiger partial charge is 0.314 e. The average molecular weight is 488 g/mol. The van der Waals surface area contributed by atoms with Crippen LogP contribution in [0.1, 0.15) is 12.8 Å². The number of halogens is 1. The maximum absolute atomic E-state index is 13.1. The highest BCUT2D eigenvalue weighted by atomic mass is 35.5. The van der Waals surface area contributed by atoms with Crippen LogP contribution in [0.2, 0.25) is 5.02 Å². The van der Waals surface area contributed by atoms with Gasteiger partial charge >= 0.3 is 5.97 Å². The average Bonchev–Trinajstić information content (AvgIpc) is 2.85. The van der Waals surface area contributed by atoms with E-state index in [2.05, 4.69) is 0 Å². The number of benzene rings is 3. The maximum atomic E-state index is 13.1. The number of sulfonamides is 1. The molecule has 5 rings (SSSR count). The zero-order valence-electron chi connectivity index (χ0n) is 17.7. The van der Waals surface area contributed by atoms with E-state index in [9.17, 15) is 13.2 Å². The number of hydrogen-bond donors (Lipinski definition) is 0. The van der Waals surface area contributed by atoms with Crippen LogP contribution in [-0.4, -0.2) is 45.0 Å². The van der Waals surface area contributed by atoms with Crippen molar-refractivity contribution in [3.8, 4) is 17.2 Å². The lowest BCUT2D eigenvalue weighted by Gasteiger charge is -2.30. The molecule has 2 heterocycles. The molecule has 0 amide bonds. The third-order valence-corrected chi connectivity index (χ3v) is 8.20. The molecule has 9 heteroatoms. The summed E-state index contributed by atoms with van der Waals surface area (Å²) in [5.74, 6) is 0.670. The highest BCUT2D eigenvalue weighted by molar-refractivity contribution is 7.89. The molecule has 0 N–H and O–H groups in total. The standard InChI is InChI=1S/C24H22ClNO6S/c25-20-6-8-21(19-4-2-1-3-18(19)20)32-24(27)16-9-11-26(12-10-16)33(28,29)17-5-7-22-23(15-17)31-14-13-30-22/h1-8,15-16H,9-14H2. The van der Waals surface area contributed by atoms with Crippen molar-refractivity contribution in [3.05, 3.63) is 59.6 Å². The minimum absolute atomic E-state index is 0.153. The second-order valence-corrected chi connectivity index (χ2v) is 10.3. The molecule has 2 aliphatic heterocycles. The second kappa shape index (κ2) is 8.85. The molecule has 1 fully saturated rings. The number of carbonyl (C=O) groups is 1. The van der Waals surface area contributed by atoms with Crippen LogP contribution in [-0.2, 0) is 14.8 Å². The first kappa shape index (κ1) is 22.0. The summed E-state index contributed by atoms with van der Waals surface area (Å²) in [6, 6.07) is 15.5. The Morgan fingerprint density at radius 1 is 0.939 bits per heavy atom. The van der Waals surface area contributed by atoms with Gasteiger partial charge in [0.1, 0.15) is 19.0 Å². The fourth-order valence-corrected chi connectivity index (χ4v) is 5.89. The van der Waals surface area contributed by atoms with Crippen LogP contribution in [0.5, 0.6) is 17.2 Å². The Labute approximate surface area is 196 Å². The van der Waals surface area contributed by atoms with Crippen LogP contribution in [0.25, 0.3) is 10.8 Å². The van der Waals surface area contributed by atoms with Crippen LogP contribution in [0.3, 0.4) is 0 Å². The maximum Gasteiger partial charge on any atom is 0.314 e. The van der Waals surface area contributed by atoms with E-state index in [1.54, 1.807) is 18.2 Å². The molecule has 2 aliphatic rings. The van der Waals surface area contributed by atoms with Gasteiger partial charge < -0.3 is 14.2 Å². The van der Waals surface area contributed by atoms with E-state index in [1.165, 1.54) is 16.4 Å². The number of rotatable bonds is 4. The van der Waals surface area contributed by atoms with Crippen LogP contribution in [0.4, 0.5) is 0 Å². The van der Waals surface area contributed by atoms with Crippen molar-refractivity contribution < 1.29 is 27.4 Å². The summed E-state index contributed by atoms with van der Waals surface area (Å²) in [4.78, 5) is 13.0. The van der Waals surface area contributed by atoms with E-state index < -0.39 is 10.0 Å². The summed E-state index contributed by atoms with van der Waals surface area (Å²) < 4.78 is 44.3. The zero-order chi connectivity index (χ0) is 23.0. The van der Waals surface area contributed by atoms with Crippen molar-refractivity contribution in [1.82, 2.24) is 4.31 Å². The van der Waals surface area contributed by atoms with E-state index in [4.69, 9.17) is 25.8 Å². The Hall–Kier alpha value is -2.81. The molecule has 0 spiro atoms. The number of esters is 1. The number of nitrogens with zero attached hydrogens (tertiary/aromatic N) is 1. The van der Waals surface area contributed by atoms with Gasteiger partial charge in [-0.15, -0.1) is 0 Å². The molecule has 0 aliphatic carbocycles. The van der Waals surface area contributed by atoms with Crippen molar-refractivity contribution >= 4 is 38.4 Å². The highest BCUT2D eigenvalue weighted by Crippen LogP contribution is 2.35. The Morgan fingerprint density at radius 2 is 1.64 bits per heavy atom. The molecule has 0 atom stereocenters. The molecule has 0 unspecified atom stereocenters. The fraction of sp³-hybridized carbons (Fsp3) is 0.292. The van der Waals surface area contributed by atoms with E-state index in [0.717, 1.165) is 10.8 Å². The first-order valence-corrected chi connectivity index (χ1v) is 12.5. The molecule has 3 aromatic rings. The second-order valence-electron chi connectivity index (χ2n) is 8.00. The van der Waals surface area contributed by atoms with Gasteiger partial charge in [-0.2, -0.15) is 4.31 Å². The lowest BCUT2D eigenvalue weighted by molar-refractivity contribution is -0.140. The summed E-state index contributed by atoms with van der Waals surface area (Å²) in [5.41, 5.74) is 0. The summed E-state index contributed by atoms with van der Waals surface area (Å²) in [7, 11) is -3.71. The minimum atomic E-state index is -3.71. The fourth-order valence-electron chi connectivity index (χ4n) is 4.18. The van der Waals surface area contributed by atoms with Gasteiger partial charge in [0, 0.05) is 35.0 Å². The molecular weight excluding hydrogens is 466 g/mol. The summed E-state index contributed by atoms with van der Waals surface area (Å²) >= 11 is 6.25. The first-order chi connectivity index (χ1) is 15.9. The predicted molar refractivity (Wildman–Crippen MR) is 124 cm³/mol. The van der Waals surface area contributed by atoms with Gasteiger partial charge in [-0.25, -0.2) is 8.42 Å². The summed E-state index contributed by atoms with van der Waals surface area (Å²) in [6.45, 7) is 1.29. The third kappa shape index (κ3) is 4.26. The summed E-state index contributed by atoms with van der Waals surface area (Å²) in [6.07, 6.45) is 0.766. The van der Waals surface area contributed by atoms with Gasteiger partial charge in [-0.1, -0.05) is 35.9 Å². The molecule has 1 saturated heterocycles. The van der Waals surface area contributed by atoms with Gasteiger partial charge in [-0.05, 0) is 37.1 Å². The molecule has 0 radical (unpaired) electrons. The van der Waals surface area contributed by atoms with E-state index in [1.807, 2.05) is 24.3 Å². The van der Waals surface area contributed by atoms with E-state index >= 15 is 0 Å². The first-order valence-electron chi connectivity index (χ1n) is 10.7. The van der Waals surface area contributed by atoms with Crippen molar-refractivity contribution in [3.63, 3.8) is 0 Å². The largest absolute Gasteiger partial charge is 0.486 e. The normalized spacial score (nSPS) is 17.1. The Balaban J connectivity index is 1.26. The molecule has 0 bridgehead atoms. The Kier molecular flexibility index (Phi) is 5.90. The van der Waals surface area contributed by atoms with E-state index in [0.29, 0.717) is 48.3 Å². The van der Waals surface area contributed by atoms with Crippen LogP contribution >= 0.6 is 11.6 Å². The molecule has 0 saturated carbocycles. The minimum Gasteiger partial charge on any atom is -0.486 e. The van der Waals surface area contributed by atoms with Gasteiger partial charge in [0.25, 0.3) is 0 Å². The molecular formula is C24H22ClNO6S. The lowest BCUT2D eigenvalue weighted by atomic mass is 9.98. The molecule has 0 aromatic heterocycles. The van der Waals surface area contributed by atoms with E-state index in [-0.39, 0.29) is 29.9 Å². The van der Waals surface area contributed by atoms with Gasteiger partial charge in [0.05, 0.1) is 10.8 Å². The summed E-state index contributed by atoms with van der Waals surface area (Å²) in [5, 5.41) is 2.16.